The molecule has 0 saturated carbocycles. The second-order valence-electron chi connectivity index (χ2n) is 5.50. The van der Waals surface area contributed by atoms with Gasteiger partial charge in [-0.3, -0.25) is 9.59 Å². The molecule has 10 nitrogen and oxygen atoms in total. The fourth-order valence-corrected chi connectivity index (χ4v) is 2.63. The summed E-state index contributed by atoms with van der Waals surface area (Å²) in [6.07, 6.45) is 0.874. The number of rotatable bonds is 14. The molecule has 0 bridgehead atoms. The quantitative estimate of drug-likeness (QED) is 0.155. The maximum atomic E-state index is 11.6. The van der Waals surface area contributed by atoms with Gasteiger partial charge < -0.3 is 41.4 Å². The van der Waals surface area contributed by atoms with Crippen molar-refractivity contribution in [1.82, 2.24) is 15.5 Å². The van der Waals surface area contributed by atoms with Crippen molar-refractivity contribution in [3.05, 3.63) is 0 Å². The maximum absolute atomic E-state index is 11.6. The summed E-state index contributed by atoms with van der Waals surface area (Å²) in [5, 5.41) is 5.33. The van der Waals surface area contributed by atoms with Crippen LogP contribution in [-0.2, 0) is 9.59 Å². The third-order valence-corrected chi connectivity index (χ3v) is 4.25. The average Bonchev–Trinajstić information content (AvgIpc) is 2.51. The maximum Gasteiger partial charge on any atom is 0.492 e. The number of nitrogens with two attached hydrogens (primary N) is 2. The molecule has 0 saturated heterocycles. The first kappa shape index (κ1) is 22.9. The van der Waals surface area contributed by atoms with E-state index in [-0.39, 0.29) is 30.7 Å². The monoisotopic (exact) mass is 365 g/mol. The Bertz CT molecular complexity index is 343. The molecule has 24 heavy (non-hydrogen) atoms. The molecule has 0 radical (unpaired) electrons. The summed E-state index contributed by atoms with van der Waals surface area (Å²) in [6.45, 7) is 2.86. The van der Waals surface area contributed by atoms with Crippen LogP contribution in [-0.4, -0.2) is 85.7 Å². The molecule has 0 unspecified atom stereocenters. The number of nitrogens with one attached hydrogen (secondary N) is 2. The lowest BCUT2D eigenvalue weighted by Gasteiger charge is -2.22. The fraction of sp³-hybridized carbons (Fsp3) is 0.846. The number of nitrogens with zero attached hydrogens (tertiary/aromatic N) is 1. The van der Waals surface area contributed by atoms with Gasteiger partial charge in [-0.25, -0.2) is 0 Å². The summed E-state index contributed by atoms with van der Waals surface area (Å²) >= 11 is 0. The standard InChI is InChI=1S/C13H31N5O5Si/c14-4-6-16-12(19)2-9-18(8-1-11-24(21,22)23)10-3-13(20)17-7-5-15/h21-23H,1-11,14-15H2,(H,16,19)(H,17,20). The molecule has 0 aromatic rings. The fourth-order valence-electron chi connectivity index (χ4n) is 1.99. The largest absolute Gasteiger partial charge is 0.492 e. The molecule has 0 aromatic carbocycles. The van der Waals surface area contributed by atoms with Crippen molar-refractivity contribution < 1.29 is 24.0 Å². The first-order chi connectivity index (χ1) is 11.3. The highest BCUT2D eigenvalue weighted by atomic mass is 28.4. The van der Waals surface area contributed by atoms with Gasteiger partial charge in [-0.05, 0) is 13.0 Å². The summed E-state index contributed by atoms with van der Waals surface area (Å²) in [5.74, 6) is -0.263. The van der Waals surface area contributed by atoms with Gasteiger partial charge >= 0.3 is 8.80 Å². The molecule has 0 aliphatic rings. The Kier molecular flexibility index (Phi) is 12.6. The summed E-state index contributed by atoms with van der Waals surface area (Å²) < 4.78 is 0. The van der Waals surface area contributed by atoms with Crippen LogP contribution in [0.15, 0.2) is 0 Å². The van der Waals surface area contributed by atoms with E-state index in [2.05, 4.69) is 10.6 Å². The van der Waals surface area contributed by atoms with E-state index in [1.54, 1.807) is 0 Å². The number of carbonyl (C=O) groups excluding carboxylic acids is 2. The first-order valence-electron chi connectivity index (χ1n) is 8.11. The lowest BCUT2D eigenvalue weighted by atomic mass is 10.3. The van der Waals surface area contributed by atoms with Crippen LogP contribution in [0, 0.1) is 0 Å². The summed E-state index contributed by atoms with van der Waals surface area (Å²) in [7, 11) is -4.06. The zero-order valence-corrected chi connectivity index (χ0v) is 15.0. The lowest BCUT2D eigenvalue weighted by Crippen LogP contribution is -2.38. The Labute approximate surface area is 143 Å². The first-order valence-corrected chi connectivity index (χ1v) is 10.2. The Hall–Kier alpha value is -1.08. The topological polar surface area (TPSA) is 174 Å². The number of amides is 2. The highest BCUT2D eigenvalue weighted by Crippen LogP contribution is 2.05. The number of hydrogen-bond acceptors (Lipinski definition) is 8. The third kappa shape index (κ3) is 14.5. The molecular formula is C13H31N5O5Si. The van der Waals surface area contributed by atoms with Crippen LogP contribution < -0.4 is 22.1 Å². The van der Waals surface area contributed by atoms with Gasteiger partial charge in [-0.1, -0.05) is 0 Å². The lowest BCUT2D eigenvalue weighted by molar-refractivity contribution is -0.121. The van der Waals surface area contributed by atoms with Gasteiger partial charge in [0, 0.05) is 58.2 Å². The zero-order chi connectivity index (χ0) is 18.4. The SMILES string of the molecule is NCCNC(=O)CCN(CCC[Si](O)(O)O)CCC(=O)NCCN. The van der Waals surface area contributed by atoms with Crippen LogP contribution in [0.5, 0.6) is 0 Å². The molecule has 0 spiro atoms. The van der Waals surface area contributed by atoms with Gasteiger partial charge in [0.05, 0.1) is 0 Å². The highest BCUT2D eigenvalue weighted by Gasteiger charge is 2.26. The summed E-state index contributed by atoms with van der Waals surface area (Å²) in [6, 6.07) is -0.0811. The van der Waals surface area contributed by atoms with Crippen LogP contribution in [0.2, 0.25) is 6.04 Å². The average molecular weight is 366 g/mol. The van der Waals surface area contributed by atoms with Gasteiger partial charge in [0.15, 0.2) is 0 Å². The molecule has 0 aliphatic carbocycles. The molecule has 9 N–H and O–H groups in total. The summed E-state index contributed by atoms with van der Waals surface area (Å²) in [5.41, 5.74) is 10.6. The van der Waals surface area contributed by atoms with Crippen molar-refractivity contribution in [1.29, 1.82) is 0 Å². The van der Waals surface area contributed by atoms with Gasteiger partial charge in [-0.15, -0.1) is 0 Å². The van der Waals surface area contributed by atoms with Crippen molar-refractivity contribution in [2.75, 3.05) is 45.8 Å². The van der Waals surface area contributed by atoms with Crippen molar-refractivity contribution in [3.8, 4) is 0 Å². The molecule has 11 heteroatoms. The Morgan fingerprint density at radius 1 is 0.875 bits per heavy atom. The molecule has 142 valence electrons. The van der Waals surface area contributed by atoms with Gasteiger partial charge in [0.25, 0.3) is 0 Å². The predicted octanol–water partition coefficient (Wildman–Crippen LogP) is -3.48. The van der Waals surface area contributed by atoms with E-state index in [4.69, 9.17) is 25.9 Å². The van der Waals surface area contributed by atoms with Crippen LogP contribution in [0.1, 0.15) is 19.3 Å². The highest BCUT2D eigenvalue weighted by molar-refractivity contribution is 6.56. The van der Waals surface area contributed by atoms with Crippen molar-refractivity contribution in [2.24, 2.45) is 11.5 Å². The van der Waals surface area contributed by atoms with E-state index < -0.39 is 8.80 Å². The second-order valence-corrected chi connectivity index (χ2v) is 7.55. The minimum atomic E-state index is -4.06. The predicted molar refractivity (Wildman–Crippen MR) is 91.6 cm³/mol. The number of carbonyl (C=O) groups is 2. The normalized spacial score (nSPS) is 11.6. The Balaban J connectivity index is 4.26. The molecule has 0 atom stereocenters. The minimum Gasteiger partial charge on any atom is -0.390 e. The Morgan fingerprint density at radius 3 is 1.71 bits per heavy atom. The van der Waals surface area contributed by atoms with Crippen molar-refractivity contribution in [3.63, 3.8) is 0 Å². The molecule has 0 aliphatic heterocycles. The van der Waals surface area contributed by atoms with E-state index in [0.29, 0.717) is 52.2 Å². The van der Waals surface area contributed by atoms with Crippen molar-refractivity contribution >= 4 is 20.6 Å². The molecule has 0 fully saturated rings. The van der Waals surface area contributed by atoms with Crippen LogP contribution >= 0.6 is 0 Å². The van der Waals surface area contributed by atoms with E-state index in [1.165, 1.54) is 0 Å². The minimum absolute atomic E-state index is 0.0811. The van der Waals surface area contributed by atoms with E-state index in [0.717, 1.165) is 0 Å². The second kappa shape index (κ2) is 13.2. The van der Waals surface area contributed by atoms with Gasteiger partial charge in [0.2, 0.25) is 11.8 Å². The molecule has 0 rings (SSSR count). The van der Waals surface area contributed by atoms with Gasteiger partial charge in [-0.2, -0.15) is 0 Å². The molecule has 0 heterocycles. The third-order valence-electron chi connectivity index (χ3n) is 3.23. The van der Waals surface area contributed by atoms with E-state index in [9.17, 15) is 9.59 Å². The van der Waals surface area contributed by atoms with E-state index >= 15 is 0 Å². The van der Waals surface area contributed by atoms with Crippen LogP contribution in [0.3, 0.4) is 0 Å². The molecular weight excluding hydrogens is 334 g/mol. The van der Waals surface area contributed by atoms with Crippen LogP contribution in [0.25, 0.3) is 0 Å². The smallest absolute Gasteiger partial charge is 0.390 e. The van der Waals surface area contributed by atoms with Crippen LogP contribution in [0.4, 0.5) is 0 Å². The van der Waals surface area contributed by atoms with Crippen molar-refractivity contribution in [2.45, 2.75) is 25.3 Å². The summed E-state index contributed by atoms with van der Waals surface area (Å²) in [4.78, 5) is 52.2. The molecule has 0 aromatic heterocycles. The van der Waals surface area contributed by atoms with Gasteiger partial charge in [0.1, 0.15) is 0 Å². The van der Waals surface area contributed by atoms with E-state index in [1.807, 2.05) is 4.90 Å². The number of hydrogen-bond donors (Lipinski definition) is 7. The zero-order valence-electron chi connectivity index (χ0n) is 14.0. The Morgan fingerprint density at radius 2 is 1.33 bits per heavy atom. The molecule has 2 amide bonds.